The predicted octanol–water partition coefficient (Wildman–Crippen LogP) is -1.17. The zero-order valence-electron chi connectivity index (χ0n) is 13.6. The Morgan fingerprint density at radius 3 is 1.95 bits per heavy atom. The molecule has 0 spiro atoms. The summed E-state index contributed by atoms with van der Waals surface area (Å²) in [5, 5.41) is 7.91. The third-order valence-corrected chi connectivity index (χ3v) is 3.11. The minimum Gasteiger partial charge on any atom is -0.370 e. The van der Waals surface area contributed by atoms with Gasteiger partial charge in [0, 0.05) is 6.42 Å². The summed E-state index contributed by atoms with van der Waals surface area (Å²) in [5.74, 6) is -1.82. The largest absolute Gasteiger partial charge is 0.370 e. The molecule has 0 aliphatic carbocycles. The molecule has 3 amide bonds. The lowest BCUT2D eigenvalue weighted by Gasteiger charge is -2.21. The molecule has 0 fully saturated rings. The lowest BCUT2D eigenvalue weighted by atomic mass is 10.1. The van der Waals surface area contributed by atoms with Crippen LogP contribution in [-0.4, -0.2) is 48.2 Å². The van der Waals surface area contributed by atoms with E-state index in [1.165, 1.54) is 6.92 Å². The standard InChI is InChI=1S/C14H26N4O4/c1-5-11(19)10(7-12(15)20)18-14(22)9(4)17-13(21)8(3)16-6-2/h8-10,16H,5-7H2,1-4H3,(H2,15,20)(H,17,21)(H,18,22)/t8-,9-,10+/m1/s1. The number of carbonyl (C=O) groups is 4. The van der Waals surface area contributed by atoms with Gasteiger partial charge in [-0.05, 0) is 20.4 Å². The van der Waals surface area contributed by atoms with Gasteiger partial charge in [-0.1, -0.05) is 13.8 Å². The van der Waals surface area contributed by atoms with E-state index in [9.17, 15) is 19.2 Å². The molecule has 0 heterocycles. The SMILES string of the molecule is CCN[C@H](C)C(=O)N[C@H](C)C(=O)N[C@@H](CC(N)=O)C(=O)CC. The van der Waals surface area contributed by atoms with Crippen LogP contribution < -0.4 is 21.7 Å². The molecule has 0 aromatic carbocycles. The number of rotatable bonds is 10. The van der Waals surface area contributed by atoms with Gasteiger partial charge in [0.2, 0.25) is 17.7 Å². The van der Waals surface area contributed by atoms with Gasteiger partial charge in [-0.25, -0.2) is 0 Å². The number of nitrogens with two attached hydrogens (primary N) is 1. The van der Waals surface area contributed by atoms with Crippen molar-refractivity contribution >= 4 is 23.5 Å². The first-order chi connectivity index (χ1) is 10.2. The first-order valence-electron chi connectivity index (χ1n) is 7.38. The average Bonchev–Trinajstić information content (AvgIpc) is 2.45. The number of hydrogen-bond acceptors (Lipinski definition) is 5. The zero-order chi connectivity index (χ0) is 17.3. The second-order valence-electron chi connectivity index (χ2n) is 5.06. The van der Waals surface area contributed by atoms with Crippen LogP contribution in [0, 0.1) is 0 Å². The average molecular weight is 314 g/mol. The number of nitrogens with one attached hydrogen (secondary N) is 3. The Morgan fingerprint density at radius 1 is 0.955 bits per heavy atom. The van der Waals surface area contributed by atoms with Crippen LogP contribution in [0.5, 0.6) is 0 Å². The topological polar surface area (TPSA) is 130 Å². The maximum absolute atomic E-state index is 12.0. The Labute approximate surface area is 130 Å². The van der Waals surface area contributed by atoms with E-state index in [0.29, 0.717) is 6.54 Å². The first kappa shape index (κ1) is 20.0. The number of ketones is 1. The lowest BCUT2D eigenvalue weighted by Crippen LogP contribution is -2.53. The number of Topliss-reactive ketones (excluding diaryl/α,β-unsaturated/α-hetero) is 1. The lowest BCUT2D eigenvalue weighted by molar-refractivity contribution is -0.132. The van der Waals surface area contributed by atoms with Crippen molar-refractivity contribution in [3.05, 3.63) is 0 Å². The minimum atomic E-state index is -0.958. The number of amides is 3. The monoisotopic (exact) mass is 314 g/mol. The third-order valence-electron chi connectivity index (χ3n) is 3.11. The molecule has 8 heteroatoms. The van der Waals surface area contributed by atoms with Gasteiger partial charge in [0.05, 0.1) is 18.5 Å². The number of likely N-dealkylation sites (N-methyl/N-ethyl adjacent to an activating group) is 1. The van der Waals surface area contributed by atoms with Crippen LogP contribution in [0.2, 0.25) is 0 Å². The van der Waals surface area contributed by atoms with E-state index in [1.54, 1.807) is 13.8 Å². The van der Waals surface area contributed by atoms with Crippen LogP contribution in [-0.2, 0) is 19.2 Å². The summed E-state index contributed by atoms with van der Waals surface area (Å²) in [5.41, 5.74) is 5.07. The molecule has 5 N–H and O–H groups in total. The highest BCUT2D eigenvalue weighted by Crippen LogP contribution is 1.99. The van der Waals surface area contributed by atoms with Crippen molar-refractivity contribution in [3.63, 3.8) is 0 Å². The van der Waals surface area contributed by atoms with Crippen molar-refractivity contribution in [1.29, 1.82) is 0 Å². The van der Waals surface area contributed by atoms with E-state index in [0.717, 1.165) is 0 Å². The van der Waals surface area contributed by atoms with E-state index in [4.69, 9.17) is 5.73 Å². The van der Waals surface area contributed by atoms with Gasteiger partial charge in [0.25, 0.3) is 0 Å². The Kier molecular flexibility index (Phi) is 9.00. The molecular weight excluding hydrogens is 288 g/mol. The van der Waals surface area contributed by atoms with Gasteiger partial charge in [-0.2, -0.15) is 0 Å². The summed E-state index contributed by atoms with van der Waals surface area (Å²) in [6.07, 6.45) is -0.0801. The summed E-state index contributed by atoms with van der Waals surface area (Å²) in [4.78, 5) is 46.5. The Bertz CT molecular complexity index is 425. The van der Waals surface area contributed by atoms with Crippen LogP contribution in [0.3, 0.4) is 0 Å². The molecule has 3 atom stereocenters. The number of carbonyl (C=O) groups excluding carboxylic acids is 4. The molecule has 0 aliphatic heterocycles. The normalized spacial score (nSPS) is 14.5. The van der Waals surface area contributed by atoms with Gasteiger partial charge < -0.3 is 21.7 Å². The maximum Gasteiger partial charge on any atom is 0.242 e. The molecule has 0 saturated heterocycles. The highest BCUT2D eigenvalue weighted by Gasteiger charge is 2.25. The predicted molar refractivity (Wildman–Crippen MR) is 81.8 cm³/mol. The quantitative estimate of drug-likeness (QED) is 0.403. The van der Waals surface area contributed by atoms with Gasteiger partial charge in [-0.3, -0.25) is 19.2 Å². The molecular formula is C14H26N4O4. The van der Waals surface area contributed by atoms with Crippen molar-refractivity contribution in [2.24, 2.45) is 5.73 Å². The van der Waals surface area contributed by atoms with Gasteiger partial charge in [0.1, 0.15) is 6.04 Å². The highest BCUT2D eigenvalue weighted by atomic mass is 16.2. The molecule has 8 nitrogen and oxygen atoms in total. The van der Waals surface area contributed by atoms with Crippen molar-refractivity contribution in [3.8, 4) is 0 Å². The smallest absolute Gasteiger partial charge is 0.242 e. The molecule has 0 saturated carbocycles. The molecule has 22 heavy (non-hydrogen) atoms. The van der Waals surface area contributed by atoms with E-state index < -0.39 is 29.9 Å². The molecule has 126 valence electrons. The molecule has 0 radical (unpaired) electrons. The van der Waals surface area contributed by atoms with Crippen LogP contribution in [0.1, 0.15) is 40.5 Å². The van der Waals surface area contributed by atoms with E-state index >= 15 is 0 Å². The second-order valence-corrected chi connectivity index (χ2v) is 5.06. The minimum absolute atomic E-state index is 0.177. The van der Waals surface area contributed by atoms with Crippen molar-refractivity contribution in [2.75, 3.05) is 6.54 Å². The summed E-state index contributed by atoms with van der Waals surface area (Å²) < 4.78 is 0. The summed E-state index contributed by atoms with van der Waals surface area (Å²) >= 11 is 0. The van der Waals surface area contributed by atoms with Gasteiger partial charge in [-0.15, -0.1) is 0 Å². The van der Waals surface area contributed by atoms with E-state index in [-0.39, 0.29) is 24.5 Å². The molecule has 0 bridgehead atoms. The van der Waals surface area contributed by atoms with Crippen LogP contribution in [0.15, 0.2) is 0 Å². The zero-order valence-corrected chi connectivity index (χ0v) is 13.6. The molecule has 0 unspecified atom stereocenters. The summed E-state index contributed by atoms with van der Waals surface area (Å²) in [7, 11) is 0. The molecule has 0 aromatic rings. The van der Waals surface area contributed by atoms with Crippen LogP contribution in [0.25, 0.3) is 0 Å². The van der Waals surface area contributed by atoms with E-state index in [2.05, 4.69) is 16.0 Å². The van der Waals surface area contributed by atoms with Gasteiger partial charge >= 0.3 is 0 Å². The first-order valence-corrected chi connectivity index (χ1v) is 7.38. The molecule has 0 aromatic heterocycles. The number of primary amides is 1. The fraction of sp³-hybridized carbons (Fsp3) is 0.714. The summed E-state index contributed by atoms with van der Waals surface area (Å²) in [6, 6.07) is -2.21. The Hall–Kier alpha value is -1.96. The molecule has 0 aliphatic rings. The fourth-order valence-electron chi connectivity index (χ4n) is 1.79. The summed E-state index contributed by atoms with van der Waals surface area (Å²) in [6.45, 7) is 7.31. The van der Waals surface area contributed by atoms with Crippen molar-refractivity contribution in [2.45, 2.75) is 58.7 Å². The Morgan fingerprint density at radius 2 is 1.50 bits per heavy atom. The third kappa shape index (κ3) is 7.16. The second kappa shape index (κ2) is 9.88. The van der Waals surface area contributed by atoms with E-state index in [1.807, 2.05) is 6.92 Å². The maximum atomic E-state index is 12.0. The van der Waals surface area contributed by atoms with Crippen molar-refractivity contribution < 1.29 is 19.2 Å². The number of hydrogen-bond donors (Lipinski definition) is 4. The van der Waals surface area contributed by atoms with Crippen molar-refractivity contribution in [1.82, 2.24) is 16.0 Å². The highest BCUT2D eigenvalue weighted by molar-refractivity contribution is 5.95. The fourth-order valence-corrected chi connectivity index (χ4v) is 1.79. The van der Waals surface area contributed by atoms with Gasteiger partial charge in [0.15, 0.2) is 5.78 Å². The van der Waals surface area contributed by atoms with Crippen LogP contribution >= 0.6 is 0 Å². The Balaban J connectivity index is 4.62. The van der Waals surface area contributed by atoms with Crippen LogP contribution in [0.4, 0.5) is 0 Å². The molecule has 0 rings (SSSR count).